The van der Waals surface area contributed by atoms with Crippen LogP contribution in [0.4, 0.5) is 0 Å². The van der Waals surface area contributed by atoms with Gasteiger partial charge in [-0.2, -0.15) is 0 Å². The highest BCUT2D eigenvalue weighted by Gasteiger charge is 2.35. The number of carbonyl (C=O) groups excluding carboxylic acids is 2. The molecule has 0 aromatic rings. The van der Waals surface area contributed by atoms with Crippen LogP contribution in [0.1, 0.15) is 149 Å². The summed E-state index contributed by atoms with van der Waals surface area (Å²) in [6.07, 6.45) is 26.6. The second-order valence-electron chi connectivity index (χ2n) is 9.65. The van der Waals surface area contributed by atoms with Crippen molar-refractivity contribution in [2.24, 2.45) is 0 Å². The zero-order valence-electron chi connectivity index (χ0n) is 21.1. The number of allylic oxidation sites excluding steroid dienone is 1. The van der Waals surface area contributed by atoms with E-state index in [1.54, 1.807) is 4.90 Å². The molecule has 0 aromatic heterocycles. The molecule has 0 saturated carbocycles. The number of rotatable bonds is 20. The van der Waals surface area contributed by atoms with Crippen molar-refractivity contribution in [2.45, 2.75) is 155 Å². The Labute approximate surface area is 193 Å². The normalized spacial score (nSPS) is 15.8. The van der Waals surface area contributed by atoms with Crippen molar-refractivity contribution in [1.29, 1.82) is 0 Å². The molecule has 1 heterocycles. The first kappa shape index (κ1) is 27.9. The van der Waals surface area contributed by atoms with E-state index in [0.717, 1.165) is 25.7 Å². The van der Waals surface area contributed by atoms with Crippen LogP contribution < -0.4 is 0 Å². The van der Waals surface area contributed by atoms with E-state index in [-0.39, 0.29) is 17.9 Å². The Morgan fingerprint density at radius 3 is 1.58 bits per heavy atom. The number of amides is 2. The molecule has 180 valence electrons. The van der Waals surface area contributed by atoms with Crippen molar-refractivity contribution in [3.8, 4) is 0 Å². The predicted octanol–water partition coefficient (Wildman–Crippen LogP) is 8.51. The summed E-state index contributed by atoms with van der Waals surface area (Å²) in [4.78, 5) is 25.9. The lowest BCUT2D eigenvalue weighted by Gasteiger charge is -2.27. The van der Waals surface area contributed by atoms with Crippen molar-refractivity contribution in [1.82, 2.24) is 4.90 Å². The molecule has 1 aliphatic heterocycles. The van der Waals surface area contributed by atoms with Crippen LogP contribution in [0.3, 0.4) is 0 Å². The van der Waals surface area contributed by atoms with Crippen molar-refractivity contribution in [2.75, 3.05) is 0 Å². The molecule has 0 aliphatic carbocycles. The van der Waals surface area contributed by atoms with Crippen LogP contribution in [0.15, 0.2) is 11.6 Å². The Morgan fingerprint density at radius 2 is 1.13 bits per heavy atom. The van der Waals surface area contributed by atoms with E-state index in [1.165, 1.54) is 95.5 Å². The Morgan fingerprint density at radius 1 is 0.710 bits per heavy atom. The van der Waals surface area contributed by atoms with Crippen molar-refractivity contribution in [3.05, 3.63) is 11.6 Å². The highest BCUT2D eigenvalue weighted by Crippen LogP contribution is 2.25. The summed E-state index contributed by atoms with van der Waals surface area (Å²) in [6, 6.07) is -0.00547. The summed E-state index contributed by atoms with van der Waals surface area (Å²) in [5.41, 5.74) is 1.21. The molecule has 0 bridgehead atoms. The van der Waals surface area contributed by atoms with Gasteiger partial charge in [0, 0.05) is 12.8 Å². The van der Waals surface area contributed by atoms with Crippen LogP contribution >= 0.6 is 0 Å². The molecule has 31 heavy (non-hydrogen) atoms. The van der Waals surface area contributed by atoms with E-state index in [4.69, 9.17) is 0 Å². The highest BCUT2D eigenvalue weighted by atomic mass is 16.2. The fourth-order valence-electron chi connectivity index (χ4n) is 4.70. The van der Waals surface area contributed by atoms with Gasteiger partial charge in [0.2, 0.25) is 11.8 Å². The van der Waals surface area contributed by atoms with Gasteiger partial charge in [-0.05, 0) is 26.2 Å². The van der Waals surface area contributed by atoms with Gasteiger partial charge in [0.05, 0.1) is 6.04 Å². The first-order chi connectivity index (χ1) is 15.1. The van der Waals surface area contributed by atoms with Crippen LogP contribution in [-0.2, 0) is 9.59 Å². The molecule has 0 radical (unpaired) electrons. The number of likely N-dealkylation sites (tertiary alicyclic amines) is 1. The lowest BCUT2D eigenvalue weighted by atomic mass is 9.98. The van der Waals surface area contributed by atoms with Crippen LogP contribution in [0.2, 0.25) is 0 Å². The maximum Gasteiger partial charge on any atom is 0.230 e. The maximum atomic E-state index is 12.2. The van der Waals surface area contributed by atoms with Crippen LogP contribution in [0.5, 0.6) is 0 Å². The fourth-order valence-corrected chi connectivity index (χ4v) is 4.70. The number of unbranched alkanes of at least 4 members (excludes halogenated alkanes) is 15. The zero-order valence-corrected chi connectivity index (χ0v) is 21.1. The minimum Gasteiger partial charge on any atom is -0.275 e. The van der Waals surface area contributed by atoms with E-state index < -0.39 is 0 Å². The Kier molecular flexibility index (Phi) is 16.6. The standard InChI is InChI=1S/C28H51NO2/c1-4-6-8-9-10-11-12-13-14-15-16-17-18-19-20-21-25(3)26(22-7-5-2)29-27(30)23-24-28(29)31/h21,26H,4-20,22-24H2,1-3H3/b25-21+. The molecule has 3 nitrogen and oxygen atoms in total. The first-order valence-corrected chi connectivity index (χ1v) is 13.6. The van der Waals surface area contributed by atoms with E-state index in [0.29, 0.717) is 12.8 Å². The summed E-state index contributed by atoms with van der Waals surface area (Å²) >= 11 is 0. The SMILES string of the molecule is CCCCCCCCCCCCCCCC/C=C(\C)C(CCCC)N1C(=O)CCC1=O. The number of nitrogens with zero attached hydrogens (tertiary/aromatic N) is 1. The third-order valence-corrected chi connectivity index (χ3v) is 6.78. The molecular weight excluding hydrogens is 382 g/mol. The van der Waals surface area contributed by atoms with Gasteiger partial charge >= 0.3 is 0 Å². The van der Waals surface area contributed by atoms with Crippen LogP contribution in [-0.4, -0.2) is 22.8 Å². The average molecular weight is 434 g/mol. The molecule has 1 fully saturated rings. The Balaban J connectivity index is 2.10. The summed E-state index contributed by atoms with van der Waals surface area (Å²) in [5.74, 6) is 0.0469. The molecule has 1 saturated heterocycles. The molecular formula is C28H51NO2. The smallest absolute Gasteiger partial charge is 0.230 e. The monoisotopic (exact) mass is 433 g/mol. The molecule has 0 N–H and O–H groups in total. The van der Waals surface area contributed by atoms with Gasteiger partial charge in [-0.3, -0.25) is 14.5 Å². The van der Waals surface area contributed by atoms with E-state index in [2.05, 4.69) is 26.8 Å². The van der Waals surface area contributed by atoms with Gasteiger partial charge in [-0.25, -0.2) is 0 Å². The van der Waals surface area contributed by atoms with Gasteiger partial charge < -0.3 is 0 Å². The van der Waals surface area contributed by atoms with Gasteiger partial charge in [0.25, 0.3) is 0 Å². The highest BCUT2D eigenvalue weighted by molar-refractivity contribution is 6.02. The number of hydrogen-bond acceptors (Lipinski definition) is 2. The number of hydrogen-bond donors (Lipinski definition) is 0. The quantitative estimate of drug-likeness (QED) is 0.110. The topological polar surface area (TPSA) is 37.4 Å². The van der Waals surface area contributed by atoms with Gasteiger partial charge in [0.15, 0.2) is 0 Å². The summed E-state index contributed by atoms with van der Waals surface area (Å²) < 4.78 is 0. The second-order valence-corrected chi connectivity index (χ2v) is 9.65. The minimum absolute atomic E-state index is 0.00547. The minimum atomic E-state index is -0.00547. The number of carbonyl (C=O) groups is 2. The molecule has 3 heteroatoms. The van der Waals surface area contributed by atoms with E-state index in [1.807, 2.05) is 0 Å². The summed E-state index contributed by atoms with van der Waals surface area (Å²) in [5, 5.41) is 0. The van der Waals surface area contributed by atoms with Crippen molar-refractivity contribution < 1.29 is 9.59 Å². The molecule has 1 aliphatic rings. The lowest BCUT2D eigenvalue weighted by molar-refractivity contribution is -0.140. The molecule has 0 spiro atoms. The predicted molar refractivity (Wildman–Crippen MR) is 133 cm³/mol. The number of imide groups is 1. The molecule has 0 aromatic carbocycles. The molecule has 1 atom stereocenters. The Bertz CT molecular complexity index is 495. The molecule has 1 unspecified atom stereocenters. The van der Waals surface area contributed by atoms with Crippen molar-refractivity contribution >= 4 is 11.8 Å². The zero-order chi connectivity index (χ0) is 22.7. The third-order valence-electron chi connectivity index (χ3n) is 6.78. The molecule has 2 amide bonds. The Hall–Kier alpha value is -1.12. The fraction of sp³-hybridized carbons (Fsp3) is 0.857. The van der Waals surface area contributed by atoms with Gasteiger partial charge in [0.1, 0.15) is 0 Å². The maximum absolute atomic E-state index is 12.2. The summed E-state index contributed by atoms with van der Waals surface area (Å²) in [6.45, 7) is 6.56. The summed E-state index contributed by atoms with van der Waals surface area (Å²) in [7, 11) is 0. The van der Waals surface area contributed by atoms with E-state index in [9.17, 15) is 9.59 Å². The average Bonchev–Trinajstić information content (AvgIpc) is 3.09. The third kappa shape index (κ3) is 12.5. The second kappa shape index (κ2) is 18.5. The van der Waals surface area contributed by atoms with Gasteiger partial charge in [-0.1, -0.05) is 122 Å². The molecule has 1 rings (SSSR count). The largest absolute Gasteiger partial charge is 0.275 e. The van der Waals surface area contributed by atoms with E-state index >= 15 is 0 Å². The van der Waals surface area contributed by atoms with Crippen LogP contribution in [0.25, 0.3) is 0 Å². The lowest BCUT2D eigenvalue weighted by Crippen LogP contribution is -2.40. The van der Waals surface area contributed by atoms with Gasteiger partial charge in [-0.15, -0.1) is 0 Å². The van der Waals surface area contributed by atoms with Crippen LogP contribution in [0, 0.1) is 0 Å². The first-order valence-electron chi connectivity index (χ1n) is 13.6. The van der Waals surface area contributed by atoms with Crippen molar-refractivity contribution in [3.63, 3.8) is 0 Å².